The number of ether oxygens (including phenoxy) is 2. The number of urea groups is 1. The number of amides is 7. The van der Waals surface area contributed by atoms with Crippen LogP contribution in [0.25, 0.3) is 0 Å². The second-order valence-electron chi connectivity index (χ2n) is 18.1. The van der Waals surface area contributed by atoms with Crippen molar-refractivity contribution in [1.29, 1.82) is 0 Å². The van der Waals surface area contributed by atoms with E-state index in [-0.39, 0.29) is 55.5 Å². The predicted octanol–water partition coefficient (Wildman–Crippen LogP) is 5.40. The molecule has 6 N–H and O–H groups in total. The molecule has 0 aromatic heterocycles. The number of unbranched alkanes of at least 4 members (excludes halogenated alkanes) is 3. The molecule has 19 nitrogen and oxygen atoms in total. The van der Waals surface area contributed by atoms with Gasteiger partial charge < -0.3 is 46.3 Å². The van der Waals surface area contributed by atoms with Gasteiger partial charge in [-0.15, -0.1) is 0 Å². The third-order valence-electron chi connectivity index (χ3n) is 11.5. The fourth-order valence-electron chi connectivity index (χ4n) is 7.68. The summed E-state index contributed by atoms with van der Waals surface area (Å²) in [6.07, 6.45) is 3.63. The summed E-state index contributed by atoms with van der Waals surface area (Å²) in [5.41, 5.74) is 2.13. The van der Waals surface area contributed by atoms with Gasteiger partial charge in [-0.3, -0.25) is 19.2 Å². The summed E-state index contributed by atoms with van der Waals surface area (Å²) in [6, 6.07) is 18.2. The lowest BCUT2D eigenvalue weighted by molar-refractivity contribution is -0.145. The van der Waals surface area contributed by atoms with Gasteiger partial charge in [0.2, 0.25) is 33.7 Å². The molecule has 0 spiro atoms. The Labute approximate surface area is 411 Å². The van der Waals surface area contributed by atoms with E-state index in [1.54, 1.807) is 69.3 Å². The molecule has 382 valence electrons. The van der Waals surface area contributed by atoms with Crippen LogP contribution in [-0.4, -0.2) is 123 Å². The Morgan fingerprint density at radius 2 is 1.46 bits per heavy atom. The van der Waals surface area contributed by atoms with Crippen molar-refractivity contribution in [2.75, 3.05) is 51.0 Å². The summed E-state index contributed by atoms with van der Waals surface area (Å²) >= 11 is 0. The summed E-state index contributed by atoms with van der Waals surface area (Å²) in [7, 11) is -1.32. The van der Waals surface area contributed by atoms with Crippen LogP contribution in [0.5, 0.6) is 0 Å². The molecule has 0 bridgehead atoms. The summed E-state index contributed by atoms with van der Waals surface area (Å²) in [4.78, 5) is 92.6. The van der Waals surface area contributed by atoms with Crippen molar-refractivity contribution in [3.63, 3.8) is 0 Å². The normalized spacial score (nSPS) is 14.6. The Bertz CT molecular complexity index is 2340. The van der Waals surface area contributed by atoms with Gasteiger partial charge in [0.25, 0.3) is 0 Å². The van der Waals surface area contributed by atoms with Crippen LogP contribution in [0.2, 0.25) is 0 Å². The minimum absolute atomic E-state index is 0.0465. The fraction of sp³-hybridized carbons (Fsp3) is 0.500. The van der Waals surface area contributed by atoms with Gasteiger partial charge in [0, 0.05) is 51.0 Å². The number of aryl methyl sites for hydroxylation is 1. The van der Waals surface area contributed by atoms with Gasteiger partial charge in [0.1, 0.15) is 23.7 Å². The molecule has 1 saturated heterocycles. The number of nitrogens with zero attached hydrogens (tertiary/aromatic N) is 2. The Hall–Kier alpha value is -6.54. The quantitative estimate of drug-likeness (QED) is 0.0463. The van der Waals surface area contributed by atoms with Crippen molar-refractivity contribution in [2.45, 2.75) is 127 Å². The van der Waals surface area contributed by atoms with Crippen molar-refractivity contribution in [3.8, 4) is 0 Å². The molecule has 0 aliphatic carbocycles. The zero-order valence-electron chi connectivity index (χ0n) is 41.1. The largest absolute Gasteiger partial charge is 0.467 e. The van der Waals surface area contributed by atoms with Crippen molar-refractivity contribution < 1.29 is 51.5 Å². The number of sulfonamides is 1. The van der Waals surface area contributed by atoms with E-state index >= 15 is 0 Å². The highest BCUT2D eigenvalue weighted by Gasteiger charge is 2.40. The number of anilines is 2. The van der Waals surface area contributed by atoms with Crippen LogP contribution in [-0.2, 0) is 49.9 Å². The molecule has 0 radical (unpaired) electrons. The molecule has 1 fully saturated rings. The molecule has 1 aliphatic rings. The third kappa shape index (κ3) is 18.4. The summed E-state index contributed by atoms with van der Waals surface area (Å²) < 4.78 is 38.2. The first-order valence-electron chi connectivity index (χ1n) is 23.7. The highest BCUT2D eigenvalue weighted by Crippen LogP contribution is 2.26. The van der Waals surface area contributed by atoms with E-state index < -0.39 is 63.7 Å². The van der Waals surface area contributed by atoms with Gasteiger partial charge in [-0.2, -0.15) is 4.31 Å². The topological polar surface area (TPSA) is 251 Å². The van der Waals surface area contributed by atoms with Gasteiger partial charge >= 0.3 is 18.1 Å². The summed E-state index contributed by atoms with van der Waals surface area (Å²) in [5, 5.41) is 16.6. The van der Waals surface area contributed by atoms with E-state index in [0.717, 1.165) is 23.4 Å². The second kappa shape index (κ2) is 27.6. The van der Waals surface area contributed by atoms with Crippen LogP contribution in [0.1, 0.15) is 96.1 Å². The maximum absolute atomic E-state index is 13.9. The van der Waals surface area contributed by atoms with E-state index in [9.17, 15) is 42.0 Å². The Kier molecular flexibility index (Phi) is 22.1. The molecule has 0 saturated carbocycles. The minimum Gasteiger partial charge on any atom is -0.467 e. The highest BCUT2D eigenvalue weighted by atomic mass is 32.2. The van der Waals surface area contributed by atoms with E-state index in [1.807, 2.05) is 25.1 Å². The second-order valence-corrected chi connectivity index (χ2v) is 20.0. The number of hydrogen-bond acceptors (Lipinski definition) is 11. The summed E-state index contributed by atoms with van der Waals surface area (Å²) in [6.45, 7) is 8.06. The van der Waals surface area contributed by atoms with Crippen molar-refractivity contribution in [2.24, 2.45) is 0 Å². The number of esters is 1. The van der Waals surface area contributed by atoms with Gasteiger partial charge in [-0.05, 0) is 121 Å². The van der Waals surface area contributed by atoms with Crippen molar-refractivity contribution in [1.82, 2.24) is 30.5 Å². The SMILES string of the molecule is COC(=O)[C@H](CCNC(=O)[C@H](CCCCNC(=O)CCCCCNC(=O)OC(C)(C)C)N(C)C(=O)Cc1ccc(NC(=O)Nc2ccccc2C)cc1)NC(=O)[C@@H]1CCCN1S(=O)(=O)c1ccccc1. The van der Waals surface area contributed by atoms with Crippen LogP contribution >= 0.6 is 0 Å². The average Bonchev–Trinajstić information content (AvgIpc) is 3.83. The monoisotopic (exact) mass is 990 g/mol. The van der Waals surface area contributed by atoms with E-state index in [2.05, 4.69) is 31.9 Å². The van der Waals surface area contributed by atoms with E-state index in [4.69, 9.17) is 9.47 Å². The maximum Gasteiger partial charge on any atom is 0.407 e. The molecule has 3 atom stereocenters. The molecule has 4 rings (SSSR count). The predicted molar refractivity (Wildman–Crippen MR) is 265 cm³/mol. The lowest BCUT2D eigenvalue weighted by Crippen LogP contribution is -2.52. The van der Waals surface area contributed by atoms with Crippen LogP contribution in [0.4, 0.5) is 21.0 Å². The van der Waals surface area contributed by atoms with E-state index in [1.165, 1.54) is 24.1 Å². The molecular formula is C50H70N8O11S. The van der Waals surface area contributed by atoms with Crippen LogP contribution in [0.3, 0.4) is 0 Å². The number of nitrogens with one attached hydrogen (secondary N) is 6. The lowest BCUT2D eigenvalue weighted by Gasteiger charge is -2.28. The Morgan fingerprint density at radius 3 is 2.14 bits per heavy atom. The number of rotatable bonds is 25. The zero-order valence-corrected chi connectivity index (χ0v) is 42.0. The highest BCUT2D eigenvalue weighted by molar-refractivity contribution is 7.89. The first kappa shape index (κ1) is 56.1. The van der Waals surface area contributed by atoms with Crippen molar-refractivity contribution >= 4 is 63.1 Å². The number of carbonyl (C=O) groups is 7. The number of carbonyl (C=O) groups excluding carboxylic acids is 7. The van der Waals surface area contributed by atoms with Gasteiger partial charge in [0.15, 0.2) is 0 Å². The molecule has 1 aliphatic heterocycles. The van der Waals surface area contributed by atoms with Crippen LogP contribution < -0.4 is 31.9 Å². The zero-order chi connectivity index (χ0) is 51.3. The molecular weight excluding hydrogens is 921 g/mol. The van der Waals surface area contributed by atoms with Gasteiger partial charge in [0.05, 0.1) is 18.4 Å². The van der Waals surface area contributed by atoms with Crippen LogP contribution in [0, 0.1) is 6.92 Å². The maximum atomic E-state index is 13.9. The molecule has 3 aromatic rings. The Morgan fingerprint density at radius 1 is 0.786 bits per heavy atom. The number of hydrogen-bond donors (Lipinski definition) is 6. The lowest BCUT2D eigenvalue weighted by atomic mass is 10.0. The van der Waals surface area contributed by atoms with Gasteiger partial charge in [-0.1, -0.05) is 55.0 Å². The first-order valence-corrected chi connectivity index (χ1v) is 25.2. The summed E-state index contributed by atoms with van der Waals surface area (Å²) in [5.74, 6) is -2.45. The molecule has 70 heavy (non-hydrogen) atoms. The molecule has 3 aromatic carbocycles. The number of methoxy groups -OCH3 is 1. The molecule has 0 unspecified atom stereocenters. The fourth-order valence-corrected chi connectivity index (χ4v) is 9.36. The number of benzene rings is 3. The molecule has 1 heterocycles. The first-order chi connectivity index (χ1) is 33.3. The Balaban J connectivity index is 1.33. The third-order valence-corrected chi connectivity index (χ3v) is 13.4. The van der Waals surface area contributed by atoms with Crippen LogP contribution in [0.15, 0.2) is 83.8 Å². The number of para-hydroxylation sites is 1. The van der Waals surface area contributed by atoms with E-state index in [0.29, 0.717) is 68.6 Å². The standard InChI is InChI=1S/C50H70N8O11S/c1-35-18-12-13-21-39(35)56-48(64)54-37-27-25-36(26-28-37)34-44(60)57(5)41(22-14-16-30-51-43(59)24-11-8-15-31-53-49(65)69-50(2,3)4)45(61)52-32-29-40(47(63)68-6)55-46(62)42-23-17-33-58(42)70(66,67)38-19-9-7-10-20-38/h7,9-10,12-13,18-21,25-28,40-42H,8,11,14-17,22-24,29-34H2,1-6H3,(H,51,59)(H,52,61)(H,53,65)(H,55,62)(H2,54,56,64)/t40-,41-,42-/m0/s1. The number of likely N-dealkylation sites (N-methyl/N-ethyl adjacent to an activating group) is 1. The minimum atomic E-state index is -4.00. The van der Waals surface area contributed by atoms with Crippen molar-refractivity contribution in [3.05, 3.63) is 90.0 Å². The molecule has 20 heteroatoms. The average molecular weight is 991 g/mol. The number of alkyl carbamates (subject to hydrolysis) is 1. The smallest absolute Gasteiger partial charge is 0.407 e. The van der Waals surface area contributed by atoms with Gasteiger partial charge in [-0.25, -0.2) is 22.8 Å². The molecule has 7 amide bonds.